The van der Waals surface area contributed by atoms with Crippen LogP contribution in [-0.4, -0.2) is 68.5 Å². The lowest BCUT2D eigenvalue weighted by Gasteiger charge is -2.31. The van der Waals surface area contributed by atoms with Gasteiger partial charge in [0.15, 0.2) is 0 Å². The maximum absolute atomic E-state index is 11.9. The number of likely N-dealkylation sites (N-methyl/N-ethyl adjacent to an activating group) is 1. The minimum atomic E-state index is -3.59. The van der Waals surface area contributed by atoms with Gasteiger partial charge in [-0.15, -0.1) is 0 Å². The van der Waals surface area contributed by atoms with Crippen LogP contribution < -0.4 is 4.72 Å². The molecule has 1 saturated heterocycles. The molecule has 0 aromatic rings. The summed E-state index contributed by atoms with van der Waals surface area (Å²) in [7, 11) is -0.246. The van der Waals surface area contributed by atoms with Crippen LogP contribution in [0.2, 0.25) is 0 Å². The van der Waals surface area contributed by atoms with Crippen molar-refractivity contribution < 1.29 is 18.3 Å². The van der Waals surface area contributed by atoms with Crippen molar-refractivity contribution in [1.29, 1.82) is 0 Å². The first-order valence-electron chi connectivity index (χ1n) is 5.95. The molecule has 0 spiro atoms. The number of hydrogen-bond acceptors (Lipinski definition) is 4. The fourth-order valence-electron chi connectivity index (χ4n) is 1.94. The zero-order chi connectivity index (χ0) is 13.8. The van der Waals surface area contributed by atoms with Crippen molar-refractivity contribution in [3.8, 4) is 0 Å². The van der Waals surface area contributed by atoms with Crippen LogP contribution in [0.25, 0.3) is 0 Å². The van der Waals surface area contributed by atoms with Gasteiger partial charge in [-0.25, -0.2) is 0 Å². The molecule has 18 heavy (non-hydrogen) atoms. The van der Waals surface area contributed by atoms with Crippen LogP contribution in [0, 0.1) is 0 Å². The van der Waals surface area contributed by atoms with Crippen molar-refractivity contribution >= 4 is 16.2 Å². The average Bonchev–Trinajstić information content (AvgIpc) is 2.25. The van der Waals surface area contributed by atoms with Crippen molar-refractivity contribution in [2.45, 2.75) is 25.3 Å². The van der Waals surface area contributed by atoms with E-state index in [-0.39, 0.29) is 19.0 Å². The number of carboxylic acids is 1. The van der Waals surface area contributed by atoms with Gasteiger partial charge < -0.3 is 10.0 Å². The van der Waals surface area contributed by atoms with E-state index in [2.05, 4.69) is 9.62 Å². The Morgan fingerprint density at radius 1 is 1.56 bits per heavy atom. The van der Waals surface area contributed by atoms with Crippen LogP contribution in [0.1, 0.15) is 19.3 Å². The Hall–Kier alpha value is -0.700. The van der Waals surface area contributed by atoms with Crippen LogP contribution in [-0.2, 0) is 15.0 Å². The summed E-state index contributed by atoms with van der Waals surface area (Å²) in [6, 6.07) is -0.0963. The van der Waals surface area contributed by atoms with Gasteiger partial charge in [-0.3, -0.25) is 4.79 Å². The maximum Gasteiger partial charge on any atom is 0.304 e. The van der Waals surface area contributed by atoms with E-state index in [1.54, 1.807) is 0 Å². The standard InChI is InChI=1S/C10H21N3O4S/c1-12-6-3-4-9(8-12)11-18(16,17)13(2)7-5-10(14)15/h9,11H,3-8H2,1-2H3,(H,14,15). The van der Waals surface area contributed by atoms with Crippen LogP contribution in [0.3, 0.4) is 0 Å². The number of rotatable bonds is 6. The molecule has 0 bridgehead atoms. The number of hydrogen-bond donors (Lipinski definition) is 2. The molecule has 2 N–H and O–H groups in total. The molecule has 0 radical (unpaired) electrons. The molecule has 0 aromatic carbocycles. The predicted octanol–water partition coefficient (Wildman–Crippen LogP) is -0.678. The van der Waals surface area contributed by atoms with Crippen LogP contribution >= 0.6 is 0 Å². The van der Waals surface area contributed by atoms with E-state index < -0.39 is 16.2 Å². The normalized spacial score (nSPS) is 22.3. The quantitative estimate of drug-likeness (QED) is 0.672. The molecule has 0 amide bonds. The fourth-order valence-corrected chi connectivity index (χ4v) is 3.06. The van der Waals surface area contributed by atoms with Gasteiger partial charge in [-0.2, -0.15) is 17.4 Å². The summed E-state index contributed by atoms with van der Waals surface area (Å²) in [6.07, 6.45) is 1.58. The molecule has 1 aliphatic rings. The second kappa shape index (κ2) is 6.46. The van der Waals surface area contributed by atoms with Crippen molar-refractivity contribution in [1.82, 2.24) is 13.9 Å². The second-order valence-electron chi connectivity index (χ2n) is 4.69. The summed E-state index contributed by atoms with van der Waals surface area (Å²) < 4.78 is 27.5. The number of piperidine rings is 1. The second-order valence-corrected chi connectivity index (χ2v) is 6.50. The molecule has 0 aromatic heterocycles. The van der Waals surface area contributed by atoms with Crippen molar-refractivity contribution in [3.05, 3.63) is 0 Å². The average molecular weight is 279 g/mol. The molecular weight excluding hydrogens is 258 g/mol. The van der Waals surface area contributed by atoms with Gasteiger partial charge >= 0.3 is 5.97 Å². The molecule has 7 nitrogen and oxygen atoms in total. The molecule has 1 unspecified atom stereocenters. The van der Waals surface area contributed by atoms with Gasteiger partial charge in [0, 0.05) is 26.2 Å². The Kier molecular flexibility index (Phi) is 5.51. The Morgan fingerprint density at radius 3 is 2.78 bits per heavy atom. The number of carboxylic acid groups (broad SMARTS) is 1. The molecule has 0 saturated carbocycles. The van der Waals surface area contributed by atoms with Gasteiger partial charge in [-0.05, 0) is 26.4 Å². The number of carbonyl (C=O) groups is 1. The molecule has 106 valence electrons. The number of nitrogens with one attached hydrogen (secondary N) is 1. The van der Waals surface area contributed by atoms with Crippen molar-refractivity contribution in [2.24, 2.45) is 0 Å². The van der Waals surface area contributed by atoms with Gasteiger partial charge in [-0.1, -0.05) is 0 Å². The highest BCUT2D eigenvalue weighted by Crippen LogP contribution is 2.10. The largest absolute Gasteiger partial charge is 0.481 e. The third kappa shape index (κ3) is 4.89. The molecule has 1 atom stereocenters. The van der Waals surface area contributed by atoms with E-state index in [1.165, 1.54) is 7.05 Å². The minimum Gasteiger partial charge on any atom is -0.481 e. The third-order valence-electron chi connectivity index (χ3n) is 2.99. The van der Waals surface area contributed by atoms with E-state index >= 15 is 0 Å². The van der Waals surface area contributed by atoms with E-state index in [1.807, 2.05) is 7.05 Å². The highest BCUT2D eigenvalue weighted by Gasteiger charge is 2.25. The zero-order valence-electron chi connectivity index (χ0n) is 10.8. The monoisotopic (exact) mass is 279 g/mol. The Bertz CT molecular complexity index is 385. The van der Waals surface area contributed by atoms with E-state index in [0.29, 0.717) is 6.54 Å². The Morgan fingerprint density at radius 2 is 2.22 bits per heavy atom. The lowest BCUT2D eigenvalue weighted by atomic mass is 10.1. The smallest absolute Gasteiger partial charge is 0.304 e. The van der Waals surface area contributed by atoms with Gasteiger partial charge in [0.25, 0.3) is 10.2 Å². The first-order valence-corrected chi connectivity index (χ1v) is 7.39. The predicted molar refractivity (Wildman–Crippen MR) is 67.5 cm³/mol. The molecule has 8 heteroatoms. The maximum atomic E-state index is 11.9. The van der Waals surface area contributed by atoms with Gasteiger partial charge in [0.1, 0.15) is 0 Å². The summed E-state index contributed by atoms with van der Waals surface area (Å²) in [5, 5.41) is 8.54. The molecule has 1 heterocycles. The number of aliphatic carboxylic acids is 1. The zero-order valence-corrected chi connectivity index (χ0v) is 11.6. The molecular formula is C10H21N3O4S. The summed E-state index contributed by atoms with van der Waals surface area (Å²) in [5.41, 5.74) is 0. The third-order valence-corrected chi connectivity index (χ3v) is 4.63. The fraction of sp³-hybridized carbons (Fsp3) is 0.900. The SMILES string of the molecule is CN1CCCC(NS(=O)(=O)N(C)CCC(=O)O)C1. The molecule has 1 fully saturated rings. The number of nitrogens with zero attached hydrogens (tertiary/aromatic N) is 2. The van der Waals surface area contributed by atoms with Crippen molar-refractivity contribution in [3.63, 3.8) is 0 Å². The summed E-state index contributed by atoms with van der Waals surface area (Å²) in [5.74, 6) is -1.01. The first-order chi connectivity index (χ1) is 8.31. The molecule has 0 aliphatic carbocycles. The highest BCUT2D eigenvalue weighted by atomic mass is 32.2. The van der Waals surface area contributed by atoms with Gasteiger partial charge in [0.05, 0.1) is 6.42 Å². The van der Waals surface area contributed by atoms with Crippen molar-refractivity contribution in [2.75, 3.05) is 33.7 Å². The van der Waals surface area contributed by atoms with E-state index in [0.717, 1.165) is 23.7 Å². The molecule has 1 aliphatic heterocycles. The molecule has 1 rings (SSSR count). The topological polar surface area (TPSA) is 90.0 Å². The van der Waals surface area contributed by atoms with Crippen LogP contribution in [0.5, 0.6) is 0 Å². The first kappa shape index (κ1) is 15.4. The van der Waals surface area contributed by atoms with E-state index in [9.17, 15) is 13.2 Å². The Labute approximate surface area is 108 Å². The van der Waals surface area contributed by atoms with E-state index in [4.69, 9.17) is 5.11 Å². The highest BCUT2D eigenvalue weighted by molar-refractivity contribution is 7.87. The summed E-state index contributed by atoms with van der Waals surface area (Å²) >= 11 is 0. The lowest BCUT2D eigenvalue weighted by molar-refractivity contribution is -0.137. The summed E-state index contributed by atoms with van der Waals surface area (Å²) in [4.78, 5) is 12.5. The van der Waals surface area contributed by atoms with Gasteiger partial charge in [0.2, 0.25) is 0 Å². The lowest BCUT2D eigenvalue weighted by Crippen LogP contribution is -2.50. The number of likely N-dealkylation sites (tertiary alicyclic amines) is 1. The van der Waals surface area contributed by atoms with Crippen LogP contribution in [0.4, 0.5) is 0 Å². The summed E-state index contributed by atoms with van der Waals surface area (Å²) in [6.45, 7) is 1.65. The Balaban J connectivity index is 2.49. The minimum absolute atomic E-state index is 0.0206. The van der Waals surface area contributed by atoms with Crippen LogP contribution in [0.15, 0.2) is 0 Å².